The van der Waals surface area contributed by atoms with Gasteiger partial charge >= 0.3 is 0 Å². The summed E-state index contributed by atoms with van der Waals surface area (Å²) in [6.45, 7) is 4.39. The highest BCUT2D eigenvalue weighted by molar-refractivity contribution is 5.05. The fraction of sp³-hybridized carbons (Fsp3) is 0.733. The van der Waals surface area contributed by atoms with Crippen LogP contribution in [-0.4, -0.2) is 12.1 Å². The van der Waals surface area contributed by atoms with Crippen molar-refractivity contribution in [1.29, 1.82) is 0 Å². The van der Waals surface area contributed by atoms with Crippen molar-refractivity contribution in [3.8, 4) is 0 Å². The summed E-state index contributed by atoms with van der Waals surface area (Å²) < 4.78 is 11.7. The lowest BCUT2D eigenvalue weighted by Gasteiger charge is -2.32. The Bertz CT molecular complexity index is 336. The lowest BCUT2D eigenvalue weighted by molar-refractivity contribution is -0.0605. The van der Waals surface area contributed by atoms with Crippen LogP contribution >= 0.6 is 0 Å². The Balaban J connectivity index is 2.01. The van der Waals surface area contributed by atoms with E-state index in [-0.39, 0.29) is 12.1 Å². The molecule has 1 aromatic heterocycles. The van der Waals surface area contributed by atoms with E-state index in [9.17, 15) is 0 Å². The van der Waals surface area contributed by atoms with Gasteiger partial charge in [0.15, 0.2) is 0 Å². The second kappa shape index (κ2) is 6.39. The van der Waals surface area contributed by atoms with E-state index in [1.807, 2.05) is 12.1 Å². The van der Waals surface area contributed by atoms with Gasteiger partial charge in [-0.25, -0.2) is 0 Å². The molecule has 1 aromatic rings. The van der Waals surface area contributed by atoms with Crippen LogP contribution in [0.2, 0.25) is 0 Å². The zero-order valence-electron chi connectivity index (χ0n) is 11.5. The fourth-order valence-electron chi connectivity index (χ4n) is 2.76. The minimum absolute atomic E-state index is 0.00776. The summed E-state index contributed by atoms with van der Waals surface area (Å²) in [7, 11) is 0. The van der Waals surface area contributed by atoms with Crippen LogP contribution in [0.5, 0.6) is 0 Å². The zero-order chi connectivity index (χ0) is 13.0. The summed E-state index contributed by atoms with van der Waals surface area (Å²) in [6, 6.07) is 3.87. The summed E-state index contributed by atoms with van der Waals surface area (Å²) in [6.07, 6.45) is 7.71. The first-order valence-corrected chi connectivity index (χ1v) is 7.15. The van der Waals surface area contributed by atoms with Crippen LogP contribution in [-0.2, 0) is 4.74 Å². The van der Waals surface area contributed by atoms with E-state index in [1.165, 1.54) is 12.8 Å². The Morgan fingerprint density at radius 1 is 1.50 bits per heavy atom. The van der Waals surface area contributed by atoms with Gasteiger partial charge in [0.25, 0.3) is 0 Å². The Hall–Kier alpha value is -0.800. The predicted octanol–water partition coefficient (Wildman–Crippen LogP) is 3.65. The SMILES string of the molecule is CCC(N)C(OC1CCCC(C)C1)c1ccco1. The van der Waals surface area contributed by atoms with Crippen molar-refractivity contribution in [2.75, 3.05) is 0 Å². The molecule has 2 N–H and O–H groups in total. The number of nitrogens with two attached hydrogens (primary N) is 1. The molecule has 102 valence electrons. The summed E-state index contributed by atoms with van der Waals surface area (Å²) in [5.41, 5.74) is 6.18. The molecule has 18 heavy (non-hydrogen) atoms. The Morgan fingerprint density at radius 3 is 2.94 bits per heavy atom. The van der Waals surface area contributed by atoms with E-state index in [0.717, 1.165) is 30.9 Å². The van der Waals surface area contributed by atoms with Gasteiger partial charge in [0.2, 0.25) is 0 Å². The third-order valence-corrected chi connectivity index (χ3v) is 3.91. The maximum Gasteiger partial charge on any atom is 0.134 e. The molecule has 0 amide bonds. The topological polar surface area (TPSA) is 48.4 Å². The first-order chi connectivity index (χ1) is 8.70. The number of hydrogen-bond donors (Lipinski definition) is 1. The maximum absolute atomic E-state index is 6.24. The third kappa shape index (κ3) is 3.36. The zero-order valence-corrected chi connectivity index (χ0v) is 11.5. The average Bonchev–Trinajstić information content (AvgIpc) is 2.89. The monoisotopic (exact) mass is 251 g/mol. The average molecular weight is 251 g/mol. The van der Waals surface area contributed by atoms with Crippen LogP contribution in [0.15, 0.2) is 22.8 Å². The van der Waals surface area contributed by atoms with Crippen molar-refractivity contribution >= 4 is 0 Å². The molecule has 2 rings (SSSR count). The van der Waals surface area contributed by atoms with Gasteiger partial charge in [0.05, 0.1) is 12.4 Å². The van der Waals surface area contributed by atoms with E-state index in [2.05, 4.69) is 13.8 Å². The largest absolute Gasteiger partial charge is 0.467 e. The highest BCUT2D eigenvalue weighted by Gasteiger charge is 2.28. The Labute approximate surface area is 110 Å². The Kier molecular flexibility index (Phi) is 4.84. The molecule has 0 aromatic carbocycles. The fourth-order valence-corrected chi connectivity index (χ4v) is 2.76. The summed E-state index contributed by atoms with van der Waals surface area (Å²) in [5, 5.41) is 0. The van der Waals surface area contributed by atoms with E-state index in [0.29, 0.717) is 6.10 Å². The van der Waals surface area contributed by atoms with Crippen LogP contribution < -0.4 is 5.73 Å². The van der Waals surface area contributed by atoms with Gasteiger partial charge < -0.3 is 14.9 Å². The molecule has 1 aliphatic rings. The van der Waals surface area contributed by atoms with Gasteiger partial charge in [-0.2, -0.15) is 0 Å². The van der Waals surface area contributed by atoms with Crippen LogP contribution in [0.1, 0.15) is 57.8 Å². The van der Waals surface area contributed by atoms with Crippen molar-refractivity contribution in [3.63, 3.8) is 0 Å². The van der Waals surface area contributed by atoms with Crippen LogP contribution in [0.25, 0.3) is 0 Å². The molecule has 3 nitrogen and oxygen atoms in total. The molecule has 3 heteroatoms. The molecule has 1 aliphatic carbocycles. The Morgan fingerprint density at radius 2 is 2.33 bits per heavy atom. The number of hydrogen-bond acceptors (Lipinski definition) is 3. The van der Waals surface area contributed by atoms with Crippen molar-refractivity contribution in [1.82, 2.24) is 0 Å². The third-order valence-electron chi connectivity index (χ3n) is 3.91. The number of rotatable bonds is 5. The normalized spacial score (nSPS) is 27.9. The molecule has 0 aliphatic heterocycles. The highest BCUT2D eigenvalue weighted by Crippen LogP contribution is 2.31. The van der Waals surface area contributed by atoms with Gasteiger partial charge in [0.1, 0.15) is 11.9 Å². The second-order valence-corrected chi connectivity index (χ2v) is 5.54. The summed E-state index contributed by atoms with van der Waals surface area (Å²) in [4.78, 5) is 0. The minimum atomic E-state index is -0.0969. The summed E-state index contributed by atoms with van der Waals surface area (Å²) in [5.74, 6) is 1.63. The number of ether oxygens (including phenoxy) is 1. The highest BCUT2D eigenvalue weighted by atomic mass is 16.5. The lowest BCUT2D eigenvalue weighted by atomic mass is 9.88. The molecule has 4 atom stereocenters. The van der Waals surface area contributed by atoms with Crippen LogP contribution in [0, 0.1) is 5.92 Å². The van der Waals surface area contributed by atoms with Crippen molar-refractivity contribution in [2.24, 2.45) is 11.7 Å². The molecule has 0 bridgehead atoms. The van der Waals surface area contributed by atoms with Crippen LogP contribution in [0.3, 0.4) is 0 Å². The molecular formula is C15H25NO2. The number of furan rings is 1. The van der Waals surface area contributed by atoms with Crippen molar-refractivity contribution < 1.29 is 9.15 Å². The standard InChI is InChI=1S/C15H25NO2/c1-3-13(16)15(14-8-5-9-17-14)18-12-7-4-6-11(2)10-12/h5,8-9,11-13,15H,3-4,6-7,10,16H2,1-2H3. The second-order valence-electron chi connectivity index (χ2n) is 5.54. The predicted molar refractivity (Wildman–Crippen MR) is 72.2 cm³/mol. The van der Waals surface area contributed by atoms with Gasteiger partial charge in [-0.15, -0.1) is 0 Å². The molecule has 1 fully saturated rings. The molecule has 4 unspecified atom stereocenters. The molecule has 1 saturated carbocycles. The van der Waals surface area contributed by atoms with Crippen molar-refractivity contribution in [3.05, 3.63) is 24.2 Å². The molecule has 0 saturated heterocycles. The maximum atomic E-state index is 6.24. The van der Waals surface area contributed by atoms with Gasteiger partial charge in [-0.3, -0.25) is 0 Å². The van der Waals surface area contributed by atoms with E-state index < -0.39 is 0 Å². The molecule has 0 spiro atoms. The van der Waals surface area contributed by atoms with Crippen molar-refractivity contribution in [2.45, 2.75) is 64.2 Å². The van der Waals surface area contributed by atoms with Gasteiger partial charge in [0, 0.05) is 6.04 Å². The van der Waals surface area contributed by atoms with E-state index in [4.69, 9.17) is 14.9 Å². The smallest absolute Gasteiger partial charge is 0.134 e. The lowest BCUT2D eigenvalue weighted by Crippen LogP contribution is -2.33. The van der Waals surface area contributed by atoms with Crippen LogP contribution in [0.4, 0.5) is 0 Å². The molecular weight excluding hydrogens is 226 g/mol. The molecule has 1 heterocycles. The van der Waals surface area contributed by atoms with Gasteiger partial charge in [-0.1, -0.05) is 26.7 Å². The summed E-state index contributed by atoms with van der Waals surface area (Å²) >= 11 is 0. The minimum Gasteiger partial charge on any atom is -0.467 e. The van der Waals surface area contributed by atoms with E-state index >= 15 is 0 Å². The molecule has 0 radical (unpaired) electrons. The van der Waals surface area contributed by atoms with E-state index in [1.54, 1.807) is 6.26 Å². The first kappa shape index (κ1) is 13.6. The van der Waals surface area contributed by atoms with Gasteiger partial charge in [-0.05, 0) is 37.3 Å². The quantitative estimate of drug-likeness (QED) is 0.869. The first-order valence-electron chi connectivity index (χ1n) is 7.15.